The highest BCUT2D eigenvalue weighted by Crippen LogP contribution is 2.32. The van der Waals surface area contributed by atoms with Crippen LogP contribution in [-0.4, -0.2) is 56.9 Å². The molecule has 0 saturated carbocycles. The first-order chi connectivity index (χ1) is 15.7. The van der Waals surface area contributed by atoms with Gasteiger partial charge in [-0.3, -0.25) is 13.5 Å². The van der Waals surface area contributed by atoms with Crippen LogP contribution >= 0.6 is 11.5 Å². The van der Waals surface area contributed by atoms with Gasteiger partial charge in [0.1, 0.15) is 17.1 Å². The standard InChI is InChI=1S/C24H28N4O4S/c1-14-15(2)17(4)21(18(5)16(14)3)32-24(31)27-11-9-26(10-12-27)20(29)13-28-23(30)19-7-6-8-25-22(19)33-28/h6-8H,9-13H2,1-5H3. The van der Waals surface area contributed by atoms with E-state index in [9.17, 15) is 14.4 Å². The van der Waals surface area contributed by atoms with Crippen LogP contribution in [0.4, 0.5) is 4.79 Å². The van der Waals surface area contributed by atoms with E-state index < -0.39 is 6.09 Å². The molecule has 1 aliphatic heterocycles. The summed E-state index contributed by atoms with van der Waals surface area (Å²) in [6, 6.07) is 3.43. The van der Waals surface area contributed by atoms with Gasteiger partial charge in [-0.05, 0) is 86.1 Å². The molecule has 0 bridgehead atoms. The lowest BCUT2D eigenvalue weighted by atomic mass is 9.94. The first-order valence-electron chi connectivity index (χ1n) is 10.9. The molecule has 0 N–H and O–H groups in total. The Bertz CT molecular complexity index is 1270. The number of amides is 2. The van der Waals surface area contributed by atoms with Gasteiger partial charge >= 0.3 is 6.09 Å². The van der Waals surface area contributed by atoms with Crippen LogP contribution in [0.3, 0.4) is 0 Å². The maximum Gasteiger partial charge on any atom is 0.415 e. The highest BCUT2D eigenvalue weighted by molar-refractivity contribution is 7.13. The Labute approximate surface area is 196 Å². The van der Waals surface area contributed by atoms with E-state index in [-0.39, 0.29) is 18.0 Å². The number of carbonyl (C=O) groups is 2. The van der Waals surface area contributed by atoms with Crippen molar-refractivity contribution < 1.29 is 14.3 Å². The van der Waals surface area contributed by atoms with E-state index in [1.165, 1.54) is 21.1 Å². The molecule has 4 rings (SSSR count). The molecule has 0 unspecified atom stereocenters. The third kappa shape index (κ3) is 4.25. The van der Waals surface area contributed by atoms with Crippen molar-refractivity contribution in [3.63, 3.8) is 0 Å². The van der Waals surface area contributed by atoms with Crippen molar-refractivity contribution in [1.82, 2.24) is 18.7 Å². The first-order valence-corrected chi connectivity index (χ1v) is 11.7. The summed E-state index contributed by atoms with van der Waals surface area (Å²) in [5.74, 6) is 0.477. The van der Waals surface area contributed by atoms with Gasteiger partial charge in [0.2, 0.25) is 5.91 Å². The molecule has 8 nitrogen and oxygen atoms in total. The van der Waals surface area contributed by atoms with Crippen LogP contribution in [0.5, 0.6) is 5.75 Å². The van der Waals surface area contributed by atoms with Crippen LogP contribution in [0.15, 0.2) is 23.1 Å². The van der Waals surface area contributed by atoms with Gasteiger partial charge in [-0.2, -0.15) is 0 Å². The molecule has 9 heteroatoms. The summed E-state index contributed by atoms with van der Waals surface area (Å²) in [7, 11) is 0. The quantitative estimate of drug-likeness (QED) is 0.589. The number of benzene rings is 1. The second kappa shape index (κ2) is 8.97. The highest BCUT2D eigenvalue weighted by atomic mass is 32.1. The van der Waals surface area contributed by atoms with Crippen molar-refractivity contribution in [3.8, 4) is 5.75 Å². The Morgan fingerprint density at radius 3 is 2.12 bits per heavy atom. The van der Waals surface area contributed by atoms with Crippen molar-refractivity contribution in [3.05, 3.63) is 56.5 Å². The lowest BCUT2D eigenvalue weighted by molar-refractivity contribution is -0.133. The third-order valence-corrected chi connectivity index (χ3v) is 7.73. The zero-order chi connectivity index (χ0) is 23.9. The molecule has 3 aromatic rings. The predicted octanol–water partition coefficient (Wildman–Crippen LogP) is 3.34. The molecule has 0 aliphatic carbocycles. The molecule has 1 saturated heterocycles. The lowest BCUT2D eigenvalue weighted by Gasteiger charge is -2.34. The van der Waals surface area contributed by atoms with Crippen molar-refractivity contribution >= 4 is 33.7 Å². The number of hydrogen-bond acceptors (Lipinski definition) is 6. The molecule has 2 aromatic heterocycles. The molecule has 1 aliphatic rings. The second-order valence-corrected chi connectivity index (χ2v) is 9.49. The largest absolute Gasteiger partial charge is 0.415 e. The summed E-state index contributed by atoms with van der Waals surface area (Å²) < 4.78 is 7.24. The van der Waals surface area contributed by atoms with Gasteiger partial charge in [-0.1, -0.05) is 0 Å². The van der Waals surface area contributed by atoms with E-state index in [0.717, 1.165) is 22.3 Å². The van der Waals surface area contributed by atoms with Gasteiger partial charge in [0.25, 0.3) is 5.56 Å². The normalized spacial score (nSPS) is 14.1. The highest BCUT2D eigenvalue weighted by Gasteiger charge is 2.27. The van der Waals surface area contributed by atoms with Gasteiger partial charge < -0.3 is 14.5 Å². The van der Waals surface area contributed by atoms with Gasteiger partial charge in [0.15, 0.2) is 0 Å². The summed E-state index contributed by atoms with van der Waals surface area (Å²) in [5.41, 5.74) is 5.21. The topological polar surface area (TPSA) is 84.7 Å². The SMILES string of the molecule is Cc1c(C)c(C)c(OC(=O)N2CCN(C(=O)Cn3sc4ncccc4c3=O)CC2)c(C)c1C. The minimum Gasteiger partial charge on any atom is -0.410 e. The summed E-state index contributed by atoms with van der Waals surface area (Å²) in [5, 5.41) is 0.523. The second-order valence-electron chi connectivity index (χ2n) is 8.48. The lowest BCUT2D eigenvalue weighted by Crippen LogP contribution is -2.52. The smallest absolute Gasteiger partial charge is 0.410 e. The molecule has 3 heterocycles. The average molecular weight is 469 g/mol. The van der Waals surface area contributed by atoms with Gasteiger partial charge in [0.05, 0.1) is 5.39 Å². The molecule has 174 valence electrons. The number of pyridine rings is 1. The van der Waals surface area contributed by atoms with Crippen LogP contribution in [0, 0.1) is 34.6 Å². The third-order valence-electron chi connectivity index (χ3n) is 6.71. The minimum atomic E-state index is -0.400. The molecule has 0 radical (unpaired) electrons. The Kier molecular flexibility index (Phi) is 6.25. The Balaban J connectivity index is 1.39. The number of piperazine rings is 1. The van der Waals surface area contributed by atoms with Crippen LogP contribution in [0.25, 0.3) is 10.2 Å². The monoisotopic (exact) mass is 468 g/mol. The van der Waals surface area contributed by atoms with E-state index >= 15 is 0 Å². The number of hydrogen-bond donors (Lipinski definition) is 0. The minimum absolute atomic E-state index is 0.0232. The Morgan fingerprint density at radius 1 is 0.939 bits per heavy atom. The number of rotatable bonds is 3. The zero-order valence-electron chi connectivity index (χ0n) is 19.6. The number of carbonyl (C=O) groups excluding carboxylic acids is 2. The number of aromatic nitrogens is 2. The maximum atomic E-state index is 12.8. The van der Waals surface area contributed by atoms with Crippen molar-refractivity contribution in [1.29, 1.82) is 0 Å². The van der Waals surface area contributed by atoms with Crippen LogP contribution in [0.2, 0.25) is 0 Å². The molecule has 0 spiro atoms. The fourth-order valence-electron chi connectivity index (χ4n) is 4.14. The summed E-state index contributed by atoms with van der Waals surface area (Å²) in [6.07, 6.45) is 1.23. The van der Waals surface area contributed by atoms with Crippen LogP contribution < -0.4 is 10.3 Å². The molecule has 0 atom stereocenters. The Hall–Kier alpha value is -3.20. The van der Waals surface area contributed by atoms with E-state index in [0.29, 0.717) is 42.1 Å². The van der Waals surface area contributed by atoms with Crippen molar-refractivity contribution in [2.75, 3.05) is 26.2 Å². The number of nitrogens with zero attached hydrogens (tertiary/aromatic N) is 4. The van der Waals surface area contributed by atoms with E-state index in [4.69, 9.17) is 4.74 Å². The molecule has 1 fully saturated rings. The van der Waals surface area contributed by atoms with E-state index in [1.807, 2.05) is 27.7 Å². The maximum absolute atomic E-state index is 12.8. The summed E-state index contributed by atoms with van der Waals surface area (Å²) in [4.78, 5) is 46.2. The predicted molar refractivity (Wildman–Crippen MR) is 128 cm³/mol. The van der Waals surface area contributed by atoms with Gasteiger partial charge in [0, 0.05) is 32.4 Å². The molecular formula is C24H28N4O4S. The molecular weight excluding hydrogens is 440 g/mol. The van der Waals surface area contributed by atoms with Crippen LogP contribution in [-0.2, 0) is 11.3 Å². The Morgan fingerprint density at radius 2 is 1.52 bits per heavy atom. The fraction of sp³-hybridized carbons (Fsp3) is 0.417. The van der Waals surface area contributed by atoms with Crippen molar-refractivity contribution in [2.24, 2.45) is 0 Å². The zero-order valence-corrected chi connectivity index (χ0v) is 20.4. The average Bonchev–Trinajstić information content (AvgIpc) is 3.14. The summed E-state index contributed by atoms with van der Waals surface area (Å²) >= 11 is 1.19. The van der Waals surface area contributed by atoms with Gasteiger partial charge in [-0.25, -0.2) is 9.78 Å². The molecule has 1 aromatic carbocycles. The summed E-state index contributed by atoms with van der Waals surface area (Å²) in [6.45, 7) is 11.6. The molecule has 2 amide bonds. The van der Waals surface area contributed by atoms with Gasteiger partial charge in [-0.15, -0.1) is 0 Å². The number of fused-ring (bicyclic) bond motifs is 1. The fourth-order valence-corrected chi connectivity index (χ4v) is 5.07. The first kappa shape index (κ1) is 23.0. The van der Waals surface area contributed by atoms with E-state index in [1.54, 1.807) is 28.1 Å². The number of ether oxygens (including phenoxy) is 1. The van der Waals surface area contributed by atoms with Crippen molar-refractivity contribution in [2.45, 2.75) is 41.2 Å². The van der Waals surface area contributed by atoms with Crippen LogP contribution in [0.1, 0.15) is 27.8 Å². The molecule has 33 heavy (non-hydrogen) atoms. The van der Waals surface area contributed by atoms with E-state index in [2.05, 4.69) is 11.9 Å².